The van der Waals surface area contributed by atoms with Gasteiger partial charge in [-0.2, -0.15) is 0 Å². The third kappa shape index (κ3) is 3.51. The van der Waals surface area contributed by atoms with Gasteiger partial charge in [-0.05, 0) is 43.4 Å². The summed E-state index contributed by atoms with van der Waals surface area (Å²) >= 11 is 3.58. The van der Waals surface area contributed by atoms with Crippen LogP contribution in [0.15, 0.2) is 22.7 Å². The van der Waals surface area contributed by atoms with Crippen LogP contribution in [-0.2, 0) is 0 Å². The van der Waals surface area contributed by atoms with Crippen molar-refractivity contribution in [2.24, 2.45) is 11.7 Å². The zero-order valence-electron chi connectivity index (χ0n) is 12.2. The van der Waals surface area contributed by atoms with E-state index in [0.29, 0.717) is 6.04 Å². The van der Waals surface area contributed by atoms with Crippen molar-refractivity contribution in [3.05, 3.63) is 28.2 Å². The zero-order chi connectivity index (χ0) is 14.0. The molecular weight excluding hydrogens is 300 g/mol. The van der Waals surface area contributed by atoms with Crippen LogP contribution in [0, 0.1) is 5.92 Å². The molecule has 0 spiro atoms. The van der Waals surface area contributed by atoms with Crippen LogP contribution in [-0.4, -0.2) is 13.1 Å². The first kappa shape index (κ1) is 14.9. The van der Waals surface area contributed by atoms with E-state index < -0.39 is 0 Å². The first-order valence-electron chi connectivity index (χ1n) is 7.27. The summed E-state index contributed by atoms with van der Waals surface area (Å²) in [5, 5.41) is 0. The average Bonchev–Trinajstić information content (AvgIpc) is 2.37. The number of hydrogen-bond acceptors (Lipinski definition) is 2. The van der Waals surface area contributed by atoms with E-state index in [4.69, 9.17) is 5.73 Å². The highest BCUT2D eigenvalue weighted by molar-refractivity contribution is 9.10. The Kier molecular flexibility index (Phi) is 4.91. The smallest absolute Gasteiger partial charge is 0.0425 e. The van der Waals surface area contributed by atoms with Gasteiger partial charge in [-0.25, -0.2) is 0 Å². The fourth-order valence-electron chi connectivity index (χ4n) is 3.16. The quantitative estimate of drug-likeness (QED) is 0.887. The molecule has 1 aromatic carbocycles. The molecule has 3 heteroatoms. The van der Waals surface area contributed by atoms with Crippen molar-refractivity contribution in [1.29, 1.82) is 0 Å². The SMILES string of the molecule is CC1CCCC(N(C)c2cc(Br)ccc2C(C)N)C1. The summed E-state index contributed by atoms with van der Waals surface area (Å²) in [6, 6.07) is 7.16. The van der Waals surface area contributed by atoms with E-state index in [9.17, 15) is 0 Å². The highest BCUT2D eigenvalue weighted by atomic mass is 79.9. The van der Waals surface area contributed by atoms with Crippen LogP contribution in [0.3, 0.4) is 0 Å². The van der Waals surface area contributed by atoms with Crippen molar-refractivity contribution in [2.45, 2.75) is 51.6 Å². The monoisotopic (exact) mass is 324 g/mol. The molecule has 1 saturated carbocycles. The Morgan fingerprint density at radius 3 is 2.74 bits per heavy atom. The Morgan fingerprint density at radius 2 is 2.11 bits per heavy atom. The van der Waals surface area contributed by atoms with Crippen LogP contribution in [0.1, 0.15) is 51.1 Å². The van der Waals surface area contributed by atoms with E-state index in [1.165, 1.54) is 36.9 Å². The van der Waals surface area contributed by atoms with Gasteiger partial charge in [-0.1, -0.05) is 41.8 Å². The molecular formula is C16H25BrN2. The molecule has 3 atom stereocenters. The van der Waals surface area contributed by atoms with Gasteiger partial charge in [0.15, 0.2) is 0 Å². The molecule has 2 rings (SSSR count). The van der Waals surface area contributed by atoms with E-state index in [2.05, 4.69) is 59.9 Å². The van der Waals surface area contributed by atoms with Gasteiger partial charge >= 0.3 is 0 Å². The minimum atomic E-state index is 0.0755. The van der Waals surface area contributed by atoms with Gasteiger partial charge in [0, 0.05) is 29.3 Å². The molecule has 1 aliphatic rings. The predicted molar refractivity (Wildman–Crippen MR) is 86.6 cm³/mol. The summed E-state index contributed by atoms with van der Waals surface area (Å²) in [6.07, 6.45) is 5.31. The van der Waals surface area contributed by atoms with Crippen LogP contribution in [0.5, 0.6) is 0 Å². The number of halogens is 1. The maximum Gasteiger partial charge on any atom is 0.0425 e. The second-order valence-corrected chi connectivity index (χ2v) is 6.94. The molecule has 1 fully saturated rings. The highest BCUT2D eigenvalue weighted by Gasteiger charge is 2.24. The summed E-state index contributed by atoms with van der Waals surface area (Å²) in [6.45, 7) is 4.43. The zero-order valence-corrected chi connectivity index (χ0v) is 13.8. The molecule has 106 valence electrons. The lowest BCUT2D eigenvalue weighted by molar-refractivity contribution is 0.336. The minimum absolute atomic E-state index is 0.0755. The van der Waals surface area contributed by atoms with Crippen molar-refractivity contribution in [3.63, 3.8) is 0 Å². The number of nitrogens with zero attached hydrogens (tertiary/aromatic N) is 1. The maximum absolute atomic E-state index is 6.12. The minimum Gasteiger partial charge on any atom is -0.371 e. The third-order valence-corrected chi connectivity index (χ3v) is 4.81. The largest absolute Gasteiger partial charge is 0.371 e. The second-order valence-electron chi connectivity index (χ2n) is 6.03. The number of anilines is 1. The van der Waals surface area contributed by atoms with Crippen molar-refractivity contribution in [3.8, 4) is 0 Å². The molecule has 2 N–H and O–H groups in total. The van der Waals surface area contributed by atoms with Crippen LogP contribution in [0.25, 0.3) is 0 Å². The van der Waals surface area contributed by atoms with Gasteiger partial charge in [0.25, 0.3) is 0 Å². The Balaban J connectivity index is 2.26. The fraction of sp³-hybridized carbons (Fsp3) is 0.625. The van der Waals surface area contributed by atoms with Crippen molar-refractivity contribution in [1.82, 2.24) is 0 Å². The summed E-state index contributed by atoms with van der Waals surface area (Å²) in [7, 11) is 2.22. The fourth-order valence-corrected chi connectivity index (χ4v) is 3.51. The molecule has 0 amide bonds. The van der Waals surface area contributed by atoms with E-state index in [1.807, 2.05) is 0 Å². The number of benzene rings is 1. The predicted octanol–water partition coefficient (Wildman–Crippen LogP) is 4.48. The molecule has 1 aromatic rings. The normalized spacial score (nSPS) is 25.1. The molecule has 0 aromatic heterocycles. The molecule has 1 aliphatic carbocycles. The van der Waals surface area contributed by atoms with Gasteiger partial charge in [0.05, 0.1) is 0 Å². The molecule has 0 aliphatic heterocycles. The van der Waals surface area contributed by atoms with Gasteiger partial charge in [0.1, 0.15) is 0 Å². The standard InChI is InChI=1S/C16H25BrN2/c1-11-5-4-6-14(9-11)19(3)16-10-13(17)7-8-15(16)12(2)18/h7-8,10-12,14H,4-6,9,18H2,1-3H3. The van der Waals surface area contributed by atoms with Crippen LogP contribution in [0.4, 0.5) is 5.69 Å². The van der Waals surface area contributed by atoms with Crippen LogP contribution in [0.2, 0.25) is 0 Å². The Bertz CT molecular complexity index is 431. The van der Waals surface area contributed by atoms with Crippen molar-refractivity contribution in [2.75, 3.05) is 11.9 Å². The molecule has 0 saturated heterocycles. The lowest BCUT2D eigenvalue weighted by atomic mass is 9.86. The van der Waals surface area contributed by atoms with E-state index in [0.717, 1.165) is 10.4 Å². The topological polar surface area (TPSA) is 29.3 Å². The van der Waals surface area contributed by atoms with Crippen LogP contribution >= 0.6 is 15.9 Å². The first-order chi connectivity index (χ1) is 8.99. The van der Waals surface area contributed by atoms with Gasteiger partial charge in [-0.3, -0.25) is 0 Å². The van der Waals surface area contributed by atoms with Crippen molar-refractivity contribution >= 4 is 21.6 Å². The summed E-state index contributed by atoms with van der Waals surface area (Å²) < 4.78 is 1.13. The molecule has 3 unspecified atom stereocenters. The Labute approximate surface area is 125 Å². The summed E-state index contributed by atoms with van der Waals surface area (Å²) in [4.78, 5) is 2.44. The molecule has 0 bridgehead atoms. The summed E-state index contributed by atoms with van der Waals surface area (Å²) in [5.41, 5.74) is 8.64. The number of nitrogens with two attached hydrogens (primary N) is 1. The van der Waals surface area contributed by atoms with E-state index in [1.54, 1.807) is 0 Å². The lowest BCUT2D eigenvalue weighted by Gasteiger charge is -2.37. The lowest BCUT2D eigenvalue weighted by Crippen LogP contribution is -2.36. The van der Waals surface area contributed by atoms with Gasteiger partial charge in [-0.15, -0.1) is 0 Å². The van der Waals surface area contributed by atoms with E-state index in [-0.39, 0.29) is 6.04 Å². The number of hydrogen-bond donors (Lipinski definition) is 1. The molecule has 0 radical (unpaired) electrons. The number of rotatable bonds is 3. The van der Waals surface area contributed by atoms with Gasteiger partial charge in [0.2, 0.25) is 0 Å². The third-order valence-electron chi connectivity index (χ3n) is 4.32. The first-order valence-corrected chi connectivity index (χ1v) is 8.06. The van der Waals surface area contributed by atoms with Gasteiger partial charge < -0.3 is 10.6 Å². The highest BCUT2D eigenvalue weighted by Crippen LogP contribution is 2.34. The van der Waals surface area contributed by atoms with Crippen LogP contribution < -0.4 is 10.6 Å². The Hall–Kier alpha value is -0.540. The summed E-state index contributed by atoms with van der Waals surface area (Å²) in [5.74, 6) is 0.840. The molecule has 19 heavy (non-hydrogen) atoms. The van der Waals surface area contributed by atoms with E-state index >= 15 is 0 Å². The molecule has 2 nitrogen and oxygen atoms in total. The van der Waals surface area contributed by atoms with Crippen molar-refractivity contribution < 1.29 is 0 Å². The molecule has 0 heterocycles. The maximum atomic E-state index is 6.12. The Morgan fingerprint density at radius 1 is 1.37 bits per heavy atom. The second kappa shape index (κ2) is 6.27. The average molecular weight is 325 g/mol.